The van der Waals surface area contributed by atoms with Crippen LogP contribution in [0.1, 0.15) is 35.9 Å². The van der Waals surface area contributed by atoms with Crippen molar-refractivity contribution in [3.05, 3.63) is 29.0 Å². The molecule has 0 aromatic carbocycles. The summed E-state index contributed by atoms with van der Waals surface area (Å²) in [6.07, 6.45) is 6.53. The number of ether oxygens (including phenoxy) is 1. The highest BCUT2D eigenvalue weighted by Gasteiger charge is 2.29. The van der Waals surface area contributed by atoms with Crippen molar-refractivity contribution in [1.82, 2.24) is 19.9 Å². The number of anilines is 2. The molecule has 7 nitrogen and oxygen atoms in total. The molecule has 0 unspecified atom stereocenters. The smallest absolute Gasteiger partial charge is 0.249 e. The summed E-state index contributed by atoms with van der Waals surface area (Å²) in [6.45, 7) is 2.85. The van der Waals surface area contributed by atoms with Gasteiger partial charge in [-0.05, 0) is 32.3 Å². The van der Waals surface area contributed by atoms with Gasteiger partial charge >= 0.3 is 0 Å². The fourth-order valence-electron chi connectivity index (χ4n) is 2.87. The molecule has 128 valence electrons. The SMILES string of the molecule is COCC(=O)N1CCCC[C@H]1c1ccnc(Nc2ncc(C)s2)n1. The number of thiazole rings is 1. The maximum Gasteiger partial charge on any atom is 0.249 e. The molecule has 3 heterocycles. The van der Waals surface area contributed by atoms with E-state index in [9.17, 15) is 4.79 Å². The Bertz CT molecular complexity index is 705. The van der Waals surface area contributed by atoms with Crippen LogP contribution in [0.25, 0.3) is 0 Å². The molecule has 0 aliphatic carbocycles. The first-order chi connectivity index (χ1) is 11.7. The van der Waals surface area contributed by atoms with Crippen LogP contribution in [0, 0.1) is 6.92 Å². The highest BCUT2D eigenvalue weighted by atomic mass is 32.1. The number of rotatable bonds is 5. The first-order valence-corrected chi connectivity index (χ1v) is 8.80. The van der Waals surface area contributed by atoms with Crippen LogP contribution in [0.15, 0.2) is 18.5 Å². The van der Waals surface area contributed by atoms with E-state index in [2.05, 4.69) is 20.3 Å². The molecule has 1 atom stereocenters. The van der Waals surface area contributed by atoms with Gasteiger partial charge in [-0.25, -0.2) is 15.0 Å². The Labute approximate surface area is 145 Å². The van der Waals surface area contributed by atoms with Crippen molar-refractivity contribution < 1.29 is 9.53 Å². The lowest BCUT2D eigenvalue weighted by Gasteiger charge is -2.35. The van der Waals surface area contributed by atoms with Crippen molar-refractivity contribution in [3.8, 4) is 0 Å². The van der Waals surface area contributed by atoms with Crippen LogP contribution < -0.4 is 5.32 Å². The molecule has 1 saturated heterocycles. The number of carbonyl (C=O) groups excluding carboxylic acids is 1. The first-order valence-electron chi connectivity index (χ1n) is 7.98. The van der Waals surface area contributed by atoms with Crippen molar-refractivity contribution in [2.24, 2.45) is 0 Å². The van der Waals surface area contributed by atoms with Gasteiger partial charge < -0.3 is 15.0 Å². The van der Waals surface area contributed by atoms with Gasteiger partial charge in [-0.1, -0.05) is 0 Å². The van der Waals surface area contributed by atoms with Gasteiger partial charge in [0, 0.05) is 30.9 Å². The van der Waals surface area contributed by atoms with Crippen molar-refractivity contribution in [2.75, 3.05) is 25.6 Å². The Morgan fingerprint density at radius 2 is 2.33 bits per heavy atom. The van der Waals surface area contributed by atoms with Gasteiger partial charge in [-0.3, -0.25) is 4.79 Å². The Morgan fingerprint density at radius 3 is 3.08 bits per heavy atom. The molecule has 1 aliphatic heterocycles. The van der Waals surface area contributed by atoms with Gasteiger partial charge in [-0.2, -0.15) is 0 Å². The molecule has 1 amide bonds. The second kappa shape index (κ2) is 7.67. The minimum Gasteiger partial charge on any atom is -0.375 e. The zero-order valence-corrected chi connectivity index (χ0v) is 14.7. The molecular formula is C16H21N5O2S. The van der Waals surface area contributed by atoms with Gasteiger partial charge in [0.2, 0.25) is 11.9 Å². The van der Waals surface area contributed by atoms with Crippen LogP contribution in [0.4, 0.5) is 11.1 Å². The van der Waals surface area contributed by atoms with E-state index in [1.165, 1.54) is 0 Å². The van der Waals surface area contributed by atoms with E-state index in [1.54, 1.807) is 24.6 Å². The summed E-state index contributed by atoms with van der Waals surface area (Å²) in [5, 5.41) is 3.89. The molecular weight excluding hydrogens is 326 g/mol. The summed E-state index contributed by atoms with van der Waals surface area (Å²) < 4.78 is 5.00. The molecule has 3 rings (SSSR count). The molecule has 0 bridgehead atoms. The standard InChI is InChI=1S/C16H21N5O2S/c1-11-9-18-16(24-11)20-15-17-7-6-12(19-15)13-5-3-4-8-21(13)14(22)10-23-2/h6-7,9,13H,3-5,8,10H2,1-2H3,(H,17,18,19,20)/t13-/m0/s1. The third-order valence-electron chi connectivity index (χ3n) is 3.95. The number of nitrogens with one attached hydrogen (secondary N) is 1. The number of piperidine rings is 1. The van der Waals surface area contributed by atoms with Crippen molar-refractivity contribution in [1.29, 1.82) is 0 Å². The predicted molar refractivity (Wildman–Crippen MR) is 92.3 cm³/mol. The fourth-order valence-corrected chi connectivity index (χ4v) is 3.53. The molecule has 1 N–H and O–H groups in total. The van der Waals surface area contributed by atoms with Crippen molar-refractivity contribution >= 4 is 28.3 Å². The summed E-state index contributed by atoms with van der Waals surface area (Å²) in [5.74, 6) is 0.512. The van der Waals surface area contributed by atoms with Gasteiger partial charge in [0.1, 0.15) is 6.61 Å². The van der Waals surface area contributed by atoms with E-state index < -0.39 is 0 Å². The number of carbonyl (C=O) groups is 1. The third kappa shape index (κ3) is 3.88. The van der Waals surface area contributed by atoms with Crippen LogP contribution in [0.5, 0.6) is 0 Å². The van der Waals surface area contributed by atoms with E-state index >= 15 is 0 Å². The lowest BCUT2D eigenvalue weighted by atomic mass is 9.99. The normalized spacial score (nSPS) is 17.8. The average Bonchev–Trinajstić information content (AvgIpc) is 3.00. The molecule has 24 heavy (non-hydrogen) atoms. The maximum atomic E-state index is 12.3. The number of amides is 1. The van der Waals surface area contributed by atoms with Crippen molar-refractivity contribution in [2.45, 2.75) is 32.2 Å². The van der Waals surface area contributed by atoms with Gasteiger partial charge in [0.25, 0.3) is 0 Å². The minimum absolute atomic E-state index is 0.00543. The average molecular weight is 347 g/mol. The number of hydrogen-bond donors (Lipinski definition) is 1. The predicted octanol–water partition coefficient (Wildman–Crippen LogP) is 2.69. The minimum atomic E-state index is -0.0250. The van der Waals surface area contributed by atoms with E-state index in [0.29, 0.717) is 5.95 Å². The van der Waals surface area contributed by atoms with Crippen LogP contribution in [0.3, 0.4) is 0 Å². The fraction of sp³-hybridized carbons (Fsp3) is 0.500. The third-order valence-corrected chi connectivity index (χ3v) is 4.78. The number of likely N-dealkylation sites (tertiary alicyclic amines) is 1. The molecule has 1 aliphatic rings. The Morgan fingerprint density at radius 1 is 1.46 bits per heavy atom. The number of nitrogens with zero attached hydrogens (tertiary/aromatic N) is 4. The van der Waals surface area contributed by atoms with E-state index in [1.807, 2.05) is 24.1 Å². The molecule has 1 fully saturated rings. The Balaban J connectivity index is 1.79. The van der Waals surface area contributed by atoms with Gasteiger partial charge in [0.15, 0.2) is 5.13 Å². The van der Waals surface area contributed by atoms with Crippen LogP contribution >= 0.6 is 11.3 Å². The topological polar surface area (TPSA) is 80.2 Å². The second-order valence-electron chi connectivity index (χ2n) is 5.74. The second-order valence-corrected chi connectivity index (χ2v) is 6.97. The zero-order valence-electron chi connectivity index (χ0n) is 13.9. The van der Waals surface area contributed by atoms with E-state index in [-0.39, 0.29) is 18.6 Å². The molecule has 8 heteroatoms. The summed E-state index contributed by atoms with van der Waals surface area (Å²) in [6, 6.07) is 1.85. The molecule has 2 aromatic rings. The van der Waals surface area contributed by atoms with Crippen LogP contribution in [-0.2, 0) is 9.53 Å². The lowest BCUT2D eigenvalue weighted by molar-refractivity contribution is -0.139. The molecule has 0 saturated carbocycles. The Kier molecular flexibility index (Phi) is 5.37. The monoisotopic (exact) mass is 347 g/mol. The van der Waals surface area contributed by atoms with Gasteiger partial charge in [0.05, 0.1) is 11.7 Å². The summed E-state index contributed by atoms with van der Waals surface area (Å²) in [4.78, 5) is 28.4. The molecule has 0 spiro atoms. The molecule has 0 radical (unpaired) electrons. The zero-order chi connectivity index (χ0) is 16.9. The van der Waals surface area contributed by atoms with Crippen LogP contribution in [-0.4, -0.2) is 46.0 Å². The largest absolute Gasteiger partial charge is 0.375 e. The van der Waals surface area contributed by atoms with Crippen molar-refractivity contribution in [3.63, 3.8) is 0 Å². The van der Waals surface area contributed by atoms with Crippen LogP contribution in [0.2, 0.25) is 0 Å². The maximum absolute atomic E-state index is 12.3. The summed E-state index contributed by atoms with van der Waals surface area (Å²) in [7, 11) is 1.54. The first kappa shape index (κ1) is 16.8. The number of aryl methyl sites for hydroxylation is 1. The van der Waals surface area contributed by atoms with Gasteiger partial charge in [-0.15, -0.1) is 11.3 Å². The number of methoxy groups -OCH3 is 1. The number of aromatic nitrogens is 3. The molecule has 2 aromatic heterocycles. The summed E-state index contributed by atoms with van der Waals surface area (Å²) in [5.41, 5.74) is 0.852. The Hall–Kier alpha value is -2.06. The quantitative estimate of drug-likeness (QED) is 0.896. The lowest BCUT2D eigenvalue weighted by Crippen LogP contribution is -2.40. The highest BCUT2D eigenvalue weighted by Crippen LogP contribution is 2.30. The highest BCUT2D eigenvalue weighted by molar-refractivity contribution is 7.15. The summed E-state index contributed by atoms with van der Waals surface area (Å²) >= 11 is 1.55. The van der Waals surface area contributed by atoms with E-state index in [0.717, 1.165) is 41.5 Å². The number of hydrogen-bond acceptors (Lipinski definition) is 7. The van der Waals surface area contributed by atoms with E-state index in [4.69, 9.17) is 4.74 Å².